The van der Waals surface area contributed by atoms with E-state index in [0.717, 1.165) is 16.7 Å². The smallest absolute Gasteiger partial charge is 0.348 e. The minimum atomic E-state index is -0.403. The van der Waals surface area contributed by atoms with Gasteiger partial charge in [-0.3, -0.25) is 4.79 Å². The zero-order valence-corrected chi connectivity index (χ0v) is 14.4. The van der Waals surface area contributed by atoms with Gasteiger partial charge in [-0.25, -0.2) is 4.79 Å². The maximum atomic E-state index is 12.0. The number of esters is 1. The van der Waals surface area contributed by atoms with Gasteiger partial charge in [0.25, 0.3) is 5.91 Å². The number of carbonyl (C=O) groups excluding carboxylic acids is 2. The molecule has 5 nitrogen and oxygen atoms in total. The van der Waals surface area contributed by atoms with E-state index in [1.165, 1.54) is 18.4 Å². The van der Waals surface area contributed by atoms with Crippen LogP contribution in [0.2, 0.25) is 0 Å². The number of hydrogen-bond donors (Lipinski definition) is 1. The molecule has 23 heavy (non-hydrogen) atoms. The second kappa shape index (κ2) is 7.28. The van der Waals surface area contributed by atoms with Gasteiger partial charge in [0, 0.05) is 0 Å². The first-order chi connectivity index (χ1) is 10.9. The molecule has 1 heterocycles. The third-order valence-corrected chi connectivity index (χ3v) is 4.60. The lowest BCUT2D eigenvalue weighted by atomic mass is 10.1. The van der Waals surface area contributed by atoms with Gasteiger partial charge < -0.3 is 14.8 Å². The van der Waals surface area contributed by atoms with E-state index in [-0.39, 0.29) is 12.5 Å². The lowest BCUT2D eigenvalue weighted by molar-refractivity contribution is -0.118. The fraction of sp³-hybridized carbons (Fsp3) is 0.294. The monoisotopic (exact) mass is 333 g/mol. The Kier molecular flexibility index (Phi) is 5.39. The molecule has 0 radical (unpaired) electrons. The van der Waals surface area contributed by atoms with E-state index >= 15 is 0 Å². The number of thiophene rings is 1. The van der Waals surface area contributed by atoms with Gasteiger partial charge in [-0.2, -0.15) is 0 Å². The van der Waals surface area contributed by atoms with E-state index in [0.29, 0.717) is 15.6 Å². The van der Waals surface area contributed by atoms with Gasteiger partial charge in [0.05, 0.1) is 12.1 Å². The molecule has 1 N–H and O–H groups in total. The highest BCUT2D eigenvalue weighted by atomic mass is 32.1. The van der Waals surface area contributed by atoms with Crippen molar-refractivity contribution in [2.75, 3.05) is 19.0 Å². The van der Waals surface area contributed by atoms with Gasteiger partial charge >= 0.3 is 5.97 Å². The van der Waals surface area contributed by atoms with Crippen LogP contribution in [0.3, 0.4) is 0 Å². The summed E-state index contributed by atoms with van der Waals surface area (Å²) in [4.78, 5) is 24.0. The number of hydrogen-bond acceptors (Lipinski definition) is 5. The summed E-state index contributed by atoms with van der Waals surface area (Å²) in [5.74, 6) is 0.0148. The molecular formula is C17H19NO4S. The molecule has 2 rings (SSSR count). The lowest BCUT2D eigenvalue weighted by Crippen LogP contribution is -2.19. The summed E-state index contributed by atoms with van der Waals surface area (Å²) < 4.78 is 10.3. The van der Waals surface area contributed by atoms with Gasteiger partial charge in [0.1, 0.15) is 10.6 Å². The van der Waals surface area contributed by atoms with E-state index < -0.39 is 5.97 Å². The molecule has 1 amide bonds. The minimum Gasteiger partial charge on any atom is -0.483 e. The average molecular weight is 333 g/mol. The second-order valence-corrected chi connectivity index (χ2v) is 6.20. The van der Waals surface area contributed by atoms with Crippen LogP contribution >= 0.6 is 11.3 Å². The standard InChI is InChI=1S/C17H19NO4S/c1-10-6-5-7-13(12(10)3)22-9-14(19)18-15-8-11(2)16(23-15)17(20)21-4/h5-8H,9H2,1-4H3,(H,18,19). The van der Waals surface area contributed by atoms with Crippen LogP contribution in [0.4, 0.5) is 5.00 Å². The van der Waals surface area contributed by atoms with Crippen molar-refractivity contribution in [1.82, 2.24) is 0 Å². The third-order valence-electron chi connectivity index (χ3n) is 3.46. The quantitative estimate of drug-likeness (QED) is 0.851. The summed E-state index contributed by atoms with van der Waals surface area (Å²) in [7, 11) is 1.33. The van der Waals surface area contributed by atoms with Crippen molar-refractivity contribution in [3.05, 3.63) is 45.8 Å². The molecule has 2 aromatic rings. The summed E-state index contributed by atoms with van der Waals surface area (Å²) in [6.07, 6.45) is 0. The number of rotatable bonds is 5. The van der Waals surface area contributed by atoms with Crippen molar-refractivity contribution in [3.8, 4) is 5.75 Å². The first-order valence-corrected chi connectivity index (χ1v) is 7.91. The molecule has 0 unspecified atom stereocenters. The number of benzene rings is 1. The molecule has 6 heteroatoms. The SMILES string of the molecule is COC(=O)c1sc(NC(=O)COc2cccc(C)c2C)cc1C. The number of ether oxygens (including phenoxy) is 2. The maximum absolute atomic E-state index is 12.0. The minimum absolute atomic E-state index is 0.0885. The van der Waals surface area contributed by atoms with Crippen LogP contribution in [-0.4, -0.2) is 25.6 Å². The highest BCUT2D eigenvalue weighted by Crippen LogP contribution is 2.27. The predicted octanol–water partition coefficient (Wildman–Crippen LogP) is 3.48. The molecule has 0 saturated carbocycles. The summed E-state index contributed by atoms with van der Waals surface area (Å²) in [6.45, 7) is 5.65. The average Bonchev–Trinajstić information content (AvgIpc) is 2.88. The zero-order valence-electron chi connectivity index (χ0n) is 13.6. The van der Waals surface area contributed by atoms with Gasteiger partial charge in [-0.05, 0) is 49.6 Å². The summed E-state index contributed by atoms with van der Waals surface area (Å²) in [5.41, 5.74) is 2.90. The van der Waals surface area contributed by atoms with Gasteiger partial charge in [-0.1, -0.05) is 12.1 Å². The Labute approximate surface area is 139 Å². The van der Waals surface area contributed by atoms with Crippen molar-refractivity contribution >= 4 is 28.2 Å². The normalized spacial score (nSPS) is 10.3. The molecule has 0 aliphatic heterocycles. The molecule has 0 atom stereocenters. The van der Waals surface area contributed by atoms with E-state index in [1.807, 2.05) is 32.0 Å². The Bertz CT molecular complexity index is 736. The Hall–Kier alpha value is -2.34. The first-order valence-electron chi connectivity index (χ1n) is 7.10. The Morgan fingerprint density at radius 1 is 1.17 bits per heavy atom. The van der Waals surface area contributed by atoms with E-state index in [4.69, 9.17) is 9.47 Å². The fourth-order valence-electron chi connectivity index (χ4n) is 2.04. The Morgan fingerprint density at radius 3 is 2.61 bits per heavy atom. The van der Waals surface area contributed by atoms with E-state index in [1.54, 1.807) is 13.0 Å². The van der Waals surface area contributed by atoms with Crippen LogP contribution < -0.4 is 10.1 Å². The maximum Gasteiger partial charge on any atom is 0.348 e. The van der Waals surface area contributed by atoms with Crippen molar-refractivity contribution in [3.63, 3.8) is 0 Å². The van der Waals surface area contributed by atoms with Gasteiger partial charge in [0.15, 0.2) is 6.61 Å². The fourth-order valence-corrected chi connectivity index (χ4v) is 3.04. The Morgan fingerprint density at radius 2 is 1.91 bits per heavy atom. The molecule has 0 saturated heterocycles. The summed E-state index contributed by atoms with van der Waals surface area (Å²) in [6, 6.07) is 7.46. The van der Waals surface area contributed by atoms with Crippen molar-refractivity contribution in [1.29, 1.82) is 0 Å². The van der Waals surface area contributed by atoms with Crippen molar-refractivity contribution in [2.45, 2.75) is 20.8 Å². The molecule has 0 spiro atoms. The Balaban J connectivity index is 1.97. The topological polar surface area (TPSA) is 64.6 Å². The molecule has 1 aromatic carbocycles. The van der Waals surface area contributed by atoms with Crippen LogP contribution in [0, 0.1) is 20.8 Å². The molecule has 0 aliphatic carbocycles. The number of anilines is 1. The number of methoxy groups -OCH3 is 1. The number of carbonyl (C=O) groups is 2. The van der Waals surface area contributed by atoms with Crippen molar-refractivity contribution in [2.24, 2.45) is 0 Å². The molecule has 0 fully saturated rings. The van der Waals surface area contributed by atoms with Crippen LogP contribution in [0.5, 0.6) is 5.75 Å². The largest absolute Gasteiger partial charge is 0.483 e. The van der Waals surface area contributed by atoms with E-state index in [9.17, 15) is 9.59 Å². The summed E-state index contributed by atoms with van der Waals surface area (Å²) in [5, 5.41) is 3.33. The van der Waals surface area contributed by atoms with Crippen molar-refractivity contribution < 1.29 is 19.1 Å². The highest BCUT2D eigenvalue weighted by Gasteiger charge is 2.15. The van der Waals surface area contributed by atoms with Crippen LogP contribution in [-0.2, 0) is 9.53 Å². The number of aryl methyl sites for hydroxylation is 2. The van der Waals surface area contributed by atoms with Crippen LogP contribution in [0.15, 0.2) is 24.3 Å². The molecular weight excluding hydrogens is 314 g/mol. The molecule has 1 aromatic heterocycles. The third kappa shape index (κ3) is 4.10. The molecule has 0 aliphatic rings. The number of amides is 1. The van der Waals surface area contributed by atoms with Crippen LogP contribution in [0.1, 0.15) is 26.4 Å². The molecule has 0 bridgehead atoms. The predicted molar refractivity (Wildman–Crippen MR) is 90.4 cm³/mol. The van der Waals surface area contributed by atoms with E-state index in [2.05, 4.69) is 5.32 Å². The number of nitrogens with one attached hydrogen (secondary N) is 1. The van der Waals surface area contributed by atoms with Gasteiger partial charge in [0.2, 0.25) is 0 Å². The molecule has 122 valence electrons. The van der Waals surface area contributed by atoms with Gasteiger partial charge in [-0.15, -0.1) is 11.3 Å². The van der Waals surface area contributed by atoms with Crippen LogP contribution in [0.25, 0.3) is 0 Å². The second-order valence-electron chi connectivity index (χ2n) is 5.15. The first kappa shape index (κ1) is 17.0. The zero-order chi connectivity index (χ0) is 17.0. The lowest BCUT2D eigenvalue weighted by Gasteiger charge is -2.10. The summed E-state index contributed by atoms with van der Waals surface area (Å²) >= 11 is 1.19. The highest BCUT2D eigenvalue weighted by molar-refractivity contribution is 7.18.